The van der Waals surface area contributed by atoms with Gasteiger partial charge in [-0.3, -0.25) is 4.72 Å². The van der Waals surface area contributed by atoms with Crippen LogP contribution >= 0.6 is 0 Å². The Kier molecular flexibility index (Phi) is 5.63. The molecule has 0 aliphatic carbocycles. The van der Waals surface area contributed by atoms with E-state index in [1.165, 1.54) is 12.1 Å². The van der Waals surface area contributed by atoms with Crippen molar-refractivity contribution in [2.75, 3.05) is 30.2 Å². The van der Waals surface area contributed by atoms with Gasteiger partial charge in [-0.25, -0.2) is 12.8 Å². The van der Waals surface area contributed by atoms with Gasteiger partial charge in [0.2, 0.25) is 0 Å². The number of sulfonamides is 1. The molecular weight excluding hydrogens is 357 g/mol. The molecule has 3 N–H and O–H groups in total. The highest BCUT2D eigenvalue weighted by molar-refractivity contribution is 7.92. The maximum absolute atomic E-state index is 13.0. The number of halogens is 1. The predicted octanol–water partition coefficient (Wildman–Crippen LogP) is 2.80. The zero-order valence-corrected chi connectivity index (χ0v) is 15.3. The van der Waals surface area contributed by atoms with Crippen LogP contribution in [0.1, 0.15) is 12.8 Å². The number of ether oxygens (including phenoxy) is 1. The van der Waals surface area contributed by atoms with Gasteiger partial charge in [-0.05, 0) is 68.4 Å². The molecule has 6 nitrogen and oxygen atoms in total. The van der Waals surface area contributed by atoms with Gasteiger partial charge in [0, 0.05) is 6.04 Å². The molecule has 1 saturated heterocycles. The minimum atomic E-state index is -3.79. The summed E-state index contributed by atoms with van der Waals surface area (Å²) >= 11 is 0. The van der Waals surface area contributed by atoms with Crippen LogP contribution in [0.3, 0.4) is 0 Å². The second kappa shape index (κ2) is 7.92. The van der Waals surface area contributed by atoms with E-state index in [9.17, 15) is 12.8 Å². The second-order valence-electron chi connectivity index (χ2n) is 6.14. The first-order valence-corrected chi connectivity index (χ1v) is 9.90. The van der Waals surface area contributed by atoms with Crippen molar-refractivity contribution in [3.8, 4) is 5.75 Å². The highest BCUT2D eigenvalue weighted by atomic mass is 32.2. The fourth-order valence-electron chi connectivity index (χ4n) is 2.90. The molecule has 1 aliphatic rings. The molecule has 26 heavy (non-hydrogen) atoms. The summed E-state index contributed by atoms with van der Waals surface area (Å²) in [5.41, 5.74) is 1.14. The van der Waals surface area contributed by atoms with Crippen LogP contribution in [-0.2, 0) is 10.0 Å². The molecule has 2 aromatic rings. The first-order chi connectivity index (χ1) is 12.5. The van der Waals surface area contributed by atoms with Crippen molar-refractivity contribution in [2.45, 2.75) is 23.8 Å². The van der Waals surface area contributed by atoms with Gasteiger partial charge in [-0.15, -0.1) is 0 Å². The summed E-state index contributed by atoms with van der Waals surface area (Å²) in [5.74, 6) is 0.162. The van der Waals surface area contributed by atoms with E-state index in [1.54, 1.807) is 25.3 Å². The molecule has 1 fully saturated rings. The normalized spacial score (nSPS) is 15.5. The number of anilines is 2. The number of rotatable bonds is 6. The molecule has 0 unspecified atom stereocenters. The fraction of sp³-hybridized carbons (Fsp3) is 0.333. The van der Waals surface area contributed by atoms with Crippen LogP contribution in [-0.4, -0.2) is 34.7 Å². The fourth-order valence-corrected chi connectivity index (χ4v) is 3.95. The molecule has 0 amide bonds. The average molecular weight is 379 g/mol. The van der Waals surface area contributed by atoms with E-state index < -0.39 is 15.8 Å². The number of nitrogens with one attached hydrogen (secondary N) is 3. The van der Waals surface area contributed by atoms with Crippen molar-refractivity contribution in [1.29, 1.82) is 0 Å². The Morgan fingerprint density at radius 2 is 1.81 bits per heavy atom. The van der Waals surface area contributed by atoms with Gasteiger partial charge in [-0.2, -0.15) is 0 Å². The van der Waals surface area contributed by atoms with Crippen molar-refractivity contribution in [1.82, 2.24) is 5.32 Å². The first kappa shape index (κ1) is 18.5. The first-order valence-electron chi connectivity index (χ1n) is 8.41. The molecule has 140 valence electrons. The molecule has 0 radical (unpaired) electrons. The largest absolute Gasteiger partial charge is 0.495 e. The van der Waals surface area contributed by atoms with Crippen molar-refractivity contribution < 1.29 is 17.5 Å². The van der Waals surface area contributed by atoms with Gasteiger partial charge in [0.1, 0.15) is 11.6 Å². The molecular formula is C18H22FN3O3S. The van der Waals surface area contributed by atoms with E-state index in [1.807, 2.05) is 0 Å². The van der Waals surface area contributed by atoms with E-state index in [0.29, 0.717) is 17.5 Å². The summed E-state index contributed by atoms with van der Waals surface area (Å²) < 4.78 is 45.9. The van der Waals surface area contributed by atoms with E-state index in [4.69, 9.17) is 4.74 Å². The maximum atomic E-state index is 13.0. The van der Waals surface area contributed by atoms with E-state index in [0.717, 1.165) is 43.8 Å². The Bertz CT molecular complexity index is 850. The topological polar surface area (TPSA) is 79.5 Å². The molecule has 8 heteroatoms. The maximum Gasteiger partial charge on any atom is 0.261 e. The lowest BCUT2D eigenvalue weighted by molar-refractivity contribution is 0.414. The molecule has 2 aromatic carbocycles. The highest BCUT2D eigenvalue weighted by Crippen LogP contribution is 2.30. The average Bonchev–Trinajstić information content (AvgIpc) is 2.63. The third-order valence-electron chi connectivity index (χ3n) is 4.27. The van der Waals surface area contributed by atoms with Crippen LogP contribution in [0.5, 0.6) is 5.75 Å². The van der Waals surface area contributed by atoms with Gasteiger partial charge >= 0.3 is 0 Å². The Hall–Kier alpha value is -2.32. The SMILES string of the molecule is COc1ccc(NS(=O)(=O)c2ccc(F)cc2)cc1NC1CCNCC1. The zero-order valence-electron chi connectivity index (χ0n) is 14.5. The summed E-state index contributed by atoms with van der Waals surface area (Å²) in [4.78, 5) is 0.00239. The molecule has 0 saturated carbocycles. The zero-order chi connectivity index (χ0) is 18.6. The van der Waals surface area contributed by atoms with Crippen LogP contribution in [0.4, 0.5) is 15.8 Å². The lowest BCUT2D eigenvalue weighted by Gasteiger charge is -2.26. The van der Waals surface area contributed by atoms with Crippen molar-refractivity contribution >= 4 is 21.4 Å². The van der Waals surface area contributed by atoms with Crippen molar-refractivity contribution in [3.63, 3.8) is 0 Å². The predicted molar refractivity (Wildman–Crippen MR) is 99.7 cm³/mol. The summed E-state index contributed by atoms with van der Waals surface area (Å²) in [5, 5.41) is 6.73. The van der Waals surface area contributed by atoms with Crippen LogP contribution in [0.15, 0.2) is 47.4 Å². The molecule has 0 bridgehead atoms. The molecule has 0 aromatic heterocycles. The van der Waals surface area contributed by atoms with Crippen molar-refractivity contribution in [2.24, 2.45) is 0 Å². The van der Waals surface area contributed by atoms with Crippen molar-refractivity contribution in [3.05, 3.63) is 48.3 Å². The third kappa shape index (κ3) is 4.44. The number of benzene rings is 2. The lowest BCUT2D eigenvalue weighted by Crippen LogP contribution is -2.35. The standard InChI is InChI=1S/C18H22FN3O3S/c1-25-18-7-4-15(12-17(18)21-14-8-10-20-11-9-14)22-26(23,24)16-5-2-13(19)3-6-16/h2-7,12,14,20-22H,8-11H2,1H3. The summed E-state index contributed by atoms with van der Waals surface area (Å²) in [6.45, 7) is 1.88. The van der Waals surface area contributed by atoms with Crippen LogP contribution in [0.25, 0.3) is 0 Å². The number of methoxy groups -OCH3 is 1. The molecule has 3 rings (SSSR count). The van der Waals surface area contributed by atoms with Crippen LogP contribution in [0.2, 0.25) is 0 Å². The van der Waals surface area contributed by atoms with Gasteiger partial charge in [0.25, 0.3) is 10.0 Å². The third-order valence-corrected chi connectivity index (χ3v) is 5.67. The monoisotopic (exact) mass is 379 g/mol. The lowest BCUT2D eigenvalue weighted by atomic mass is 10.1. The Balaban J connectivity index is 1.81. The smallest absolute Gasteiger partial charge is 0.261 e. The van der Waals surface area contributed by atoms with Gasteiger partial charge in [-0.1, -0.05) is 0 Å². The van der Waals surface area contributed by atoms with Crippen LogP contribution < -0.4 is 20.1 Å². The van der Waals surface area contributed by atoms with E-state index >= 15 is 0 Å². The summed E-state index contributed by atoms with van der Waals surface area (Å²) in [6, 6.07) is 10.1. The molecule has 1 aliphatic heterocycles. The molecule has 1 heterocycles. The highest BCUT2D eigenvalue weighted by Gasteiger charge is 2.18. The Labute approximate surface area is 152 Å². The Morgan fingerprint density at radius 3 is 2.46 bits per heavy atom. The molecule has 0 spiro atoms. The summed E-state index contributed by atoms with van der Waals surface area (Å²) in [6.07, 6.45) is 1.96. The minimum Gasteiger partial charge on any atom is -0.495 e. The van der Waals surface area contributed by atoms with Gasteiger partial charge < -0.3 is 15.4 Å². The van der Waals surface area contributed by atoms with Gasteiger partial charge in [0.05, 0.1) is 23.4 Å². The summed E-state index contributed by atoms with van der Waals surface area (Å²) in [7, 11) is -2.22. The van der Waals surface area contributed by atoms with Gasteiger partial charge in [0.15, 0.2) is 0 Å². The molecule has 0 atom stereocenters. The van der Waals surface area contributed by atoms with E-state index in [2.05, 4.69) is 15.4 Å². The quantitative estimate of drug-likeness (QED) is 0.719. The van der Waals surface area contributed by atoms with Crippen LogP contribution in [0, 0.1) is 5.82 Å². The number of hydrogen-bond donors (Lipinski definition) is 3. The number of hydrogen-bond acceptors (Lipinski definition) is 5. The number of piperidine rings is 1. The minimum absolute atomic E-state index is 0.00239. The second-order valence-corrected chi connectivity index (χ2v) is 7.83. The van der Waals surface area contributed by atoms with E-state index in [-0.39, 0.29) is 4.90 Å². The Morgan fingerprint density at radius 1 is 1.12 bits per heavy atom.